The zero-order valence-corrected chi connectivity index (χ0v) is 11.1. The Kier molecular flexibility index (Phi) is 4.20. The smallest absolute Gasteiger partial charge is 0.170 e. The van der Waals surface area contributed by atoms with Gasteiger partial charge in [0.2, 0.25) is 0 Å². The standard InChI is InChI=1S/C15H16FN3O/c1-10-4-2-3-5-14(10)18-9-11-6-12(15(17)19-20)8-13(16)7-11/h2-8,18,20H,9H2,1H3,(H2,17,19). The quantitative estimate of drug-likeness (QED) is 0.347. The van der Waals surface area contributed by atoms with Gasteiger partial charge < -0.3 is 16.3 Å². The summed E-state index contributed by atoms with van der Waals surface area (Å²) >= 11 is 0. The lowest BCUT2D eigenvalue weighted by molar-refractivity contribution is 0.318. The van der Waals surface area contributed by atoms with Gasteiger partial charge in [-0.2, -0.15) is 0 Å². The number of para-hydroxylation sites is 1. The van der Waals surface area contributed by atoms with E-state index in [-0.39, 0.29) is 5.84 Å². The third-order valence-corrected chi connectivity index (χ3v) is 2.99. The number of oxime groups is 1. The van der Waals surface area contributed by atoms with Crippen LogP contribution < -0.4 is 11.1 Å². The van der Waals surface area contributed by atoms with Crippen LogP contribution in [0.1, 0.15) is 16.7 Å². The minimum absolute atomic E-state index is 0.110. The number of anilines is 1. The van der Waals surface area contributed by atoms with E-state index >= 15 is 0 Å². The predicted octanol–water partition coefficient (Wildman–Crippen LogP) is 2.84. The van der Waals surface area contributed by atoms with E-state index in [1.165, 1.54) is 12.1 Å². The summed E-state index contributed by atoms with van der Waals surface area (Å²) in [6.45, 7) is 2.45. The minimum Gasteiger partial charge on any atom is -0.409 e. The van der Waals surface area contributed by atoms with Gasteiger partial charge in [-0.3, -0.25) is 0 Å². The molecule has 0 fully saturated rings. The Morgan fingerprint density at radius 3 is 2.75 bits per heavy atom. The summed E-state index contributed by atoms with van der Waals surface area (Å²) in [5.74, 6) is -0.530. The van der Waals surface area contributed by atoms with Crippen LogP contribution in [0.15, 0.2) is 47.6 Å². The maximum Gasteiger partial charge on any atom is 0.170 e. The third-order valence-electron chi connectivity index (χ3n) is 2.99. The van der Waals surface area contributed by atoms with Gasteiger partial charge in [-0.25, -0.2) is 4.39 Å². The highest BCUT2D eigenvalue weighted by Crippen LogP contribution is 2.16. The monoisotopic (exact) mass is 273 g/mol. The van der Waals surface area contributed by atoms with Crippen LogP contribution in [-0.4, -0.2) is 11.0 Å². The van der Waals surface area contributed by atoms with Crippen molar-refractivity contribution < 1.29 is 9.60 Å². The lowest BCUT2D eigenvalue weighted by Gasteiger charge is -2.10. The Morgan fingerprint density at radius 2 is 2.05 bits per heavy atom. The molecular formula is C15H16FN3O. The molecule has 4 nitrogen and oxygen atoms in total. The summed E-state index contributed by atoms with van der Waals surface area (Å²) in [4.78, 5) is 0. The van der Waals surface area contributed by atoms with Crippen molar-refractivity contribution in [3.05, 3.63) is 65.0 Å². The van der Waals surface area contributed by atoms with Gasteiger partial charge in [-0.05, 0) is 42.3 Å². The number of hydrogen-bond donors (Lipinski definition) is 3. The van der Waals surface area contributed by atoms with Gasteiger partial charge in [0.15, 0.2) is 5.84 Å². The highest BCUT2D eigenvalue weighted by atomic mass is 19.1. The van der Waals surface area contributed by atoms with E-state index in [9.17, 15) is 4.39 Å². The van der Waals surface area contributed by atoms with E-state index in [0.717, 1.165) is 16.8 Å². The molecule has 0 saturated heterocycles. The summed E-state index contributed by atoms with van der Waals surface area (Å²) in [5, 5.41) is 14.8. The Hall–Kier alpha value is -2.56. The van der Waals surface area contributed by atoms with Crippen LogP contribution in [0, 0.1) is 12.7 Å². The van der Waals surface area contributed by atoms with Crippen molar-refractivity contribution in [3.63, 3.8) is 0 Å². The van der Waals surface area contributed by atoms with Crippen molar-refractivity contribution in [2.24, 2.45) is 10.9 Å². The molecule has 0 unspecified atom stereocenters. The number of nitrogens with two attached hydrogens (primary N) is 1. The van der Waals surface area contributed by atoms with Gasteiger partial charge in [0.25, 0.3) is 0 Å². The maximum atomic E-state index is 13.5. The number of nitrogens with zero attached hydrogens (tertiary/aromatic N) is 1. The molecule has 0 aliphatic carbocycles. The summed E-state index contributed by atoms with van der Waals surface area (Å²) < 4.78 is 13.5. The van der Waals surface area contributed by atoms with Crippen LogP contribution in [0.5, 0.6) is 0 Å². The molecule has 0 atom stereocenters. The fourth-order valence-corrected chi connectivity index (χ4v) is 1.93. The van der Waals surface area contributed by atoms with Gasteiger partial charge in [0.1, 0.15) is 5.82 Å². The molecule has 4 N–H and O–H groups in total. The fraction of sp³-hybridized carbons (Fsp3) is 0.133. The highest BCUT2D eigenvalue weighted by molar-refractivity contribution is 5.97. The molecule has 0 aromatic heterocycles. The number of hydrogen-bond acceptors (Lipinski definition) is 3. The van der Waals surface area contributed by atoms with Crippen molar-refractivity contribution in [1.82, 2.24) is 0 Å². The Labute approximate surface area is 116 Å². The van der Waals surface area contributed by atoms with Crippen LogP contribution in [0.4, 0.5) is 10.1 Å². The van der Waals surface area contributed by atoms with Gasteiger partial charge in [0, 0.05) is 17.8 Å². The number of halogens is 1. The number of amidine groups is 1. The first kappa shape index (κ1) is 13.9. The second-order valence-corrected chi connectivity index (χ2v) is 4.50. The maximum absolute atomic E-state index is 13.5. The van der Waals surface area contributed by atoms with Crippen LogP contribution >= 0.6 is 0 Å². The zero-order valence-electron chi connectivity index (χ0n) is 11.1. The molecule has 0 spiro atoms. The number of benzene rings is 2. The summed E-state index contributed by atoms with van der Waals surface area (Å²) in [6, 6.07) is 12.2. The molecule has 0 radical (unpaired) electrons. The fourth-order valence-electron chi connectivity index (χ4n) is 1.93. The molecule has 0 aliphatic heterocycles. The molecule has 5 heteroatoms. The van der Waals surface area contributed by atoms with E-state index in [0.29, 0.717) is 12.1 Å². The second-order valence-electron chi connectivity index (χ2n) is 4.50. The molecule has 2 aromatic carbocycles. The van der Waals surface area contributed by atoms with Gasteiger partial charge in [0.05, 0.1) is 0 Å². The van der Waals surface area contributed by atoms with Gasteiger partial charge in [-0.1, -0.05) is 23.4 Å². The van der Waals surface area contributed by atoms with Crippen molar-refractivity contribution in [2.75, 3.05) is 5.32 Å². The average molecular weight is 273 g/mol. The number of nitrogens with one attached hydrogen (secondary N) is 1. The lowest BCUT2D eigenvalue weighted by Crippen LogP contribution is -2.14. The molecular weight excluding hydrogens is 257 g/mol. The molecule has 0 aliphatic rings. The largest absolute Gasteiger partial charge is 0.409 e. The number of rotatable bonds is 4. The van der Waals surface area contributed by atoms with Gasteiger partial charge >= 0.3 is 0 Å². The molecule has 0 bridgehead atoms. The molecule has 104 valence electrons. The first-order valence-electron chi connectivity index (χ1n) is 6.17. The zero-order chi connectivity index (χ0) is 14.5. The van der Waals surface area contributed by atoms with Crippen LogP contribution in [-0.2, 0) is 6.54 Å². The third kappa shape index (κ3) is 3.26. The summed E-state index contributed by atoms with van der Waals surface area (Å²) in [6.07, 6.45) is 0. The van der Waals surface area contributed by atoms with Crippen LogP contribution in [0.25, 0.3) is 0 Å². The first-order chi connectivity index (χ1) is 9.60. The van der Waals surface area contributed by atoms with Crippen molar-refractivity contribution in [2.45, 2.75) is 13.5 Å². The summed E-state index contributed by atoms with van der Waals surface area (Å²) in [5.41, 5.74) is 8.65. The SMILES string of the molecule is Cc1ccccc1NCc1cc(F)cc(/C(N)=N/O)c1. The van der Waals surface area contributed by atoms with E-state index < -0.39 is 5.82 Å². The normalized spacial score (nSPS) is 11.4. The second kappa shape index (κ2) is 6.06. The Bertz CT molecular complexity index is 641. The molecule has 0 saturated carbocycles. The summed E-state index contributed by atoms with van der Waals surface area (Å²) in [7, 11) is 0. The first-order valence-corrected chi connectivity index (χ1v) is 6.17. The molecule has 0 amide bonds. The average Bonchev–Trinajstić information content (AvgIpc) is 2.45. The minimum atomic E-state index is -0.421. The van der Waals surface area contributed by atoms with Crippen LogP contribution in [0.2, 0.25) is 0 Å². The van der Waals surface area contributed by atoms with E-state index in [4.69, 9.17) is 10.9 Å². The van der Waals surface area contributed by atoms with Crippen molar-refractivity contribution >= 4 is 11.5 Å². The molecule has 2 aromatic rings. The number of aryl methyl sites for hydroxylation is 1. The van der Waals surface area contributed by atoms with E-state index in [1.54, 1.807) is 6.07 Å². The molecule has 0 heterocycles. The Balaban J connectivity index is 2.18. The Morgan fingerprint density at radius 1 is 1.30 bits per heavy atom. The highest BCUT2D eigenvalue weighted by Gasteiger charge is 2.05. The molecule has 20 heavy (non-hydrogen) atoms. The van der Waals surface area contributed by atoms with Gasteiger partial charge in [-0.15, -0.1) is 0 Å². The van der Waals surface area contributed by atoms with Crippen molar-refractivity contribution in [1.29, 1.82) is 0 Å². The lowest BCUT2D eigenvalue weighted by atomic mass is 10.1. The van der Waals surface area contributed by atoms with E-state index in [1.807, 2.05) is 31.2 Å². The van der Waals surface area contributed by atoms with E-state index in [2.05, 4.69) is 10.5 Å². The topological polar surface area (TPSA) is 70.6 Å². The predicted molar refractivity (Wildman–Crippen MR) is 77.4 cm³/mol. The van der Waals surface area contributed by atoms with Crippen molar-refractivity contribution in [3.8, 4) is 0 Å². The molecule has 2 rings (SSSR count). The van der Waals surface area contributed by atoms with Crippen LogP contribution in [0.3, 0.4) is 0 Å².